The van der Waals surface area contributed by atoms with Crippen molar-refractivity contribution < 1.29 is 13.5 Å². The van der Waals surface area contributed by atoms with Crippen molar-refractivity contribution in [2.24, 2.45) is 16.3 Å². The number of nitrogen functional groups attached to an aromatic ring is 1. The number of aliphatic imine (C=N–C) groups is 1. The number of nitriles is 1. The van der Waals surface area contributed by atoms with Gasteiger partial charge in [0.1, 0.15) is 22.9 Å². The van der Waals surface area contributed by atoms with Crippen LogP contribution in [0.25, 0.3) is 15.7 Å². The highest BCUT2D eigenvalue weighted by molar-refractivity contribution is 7.23. The van der Waals surface area contributed by atoms with E-state index in [0.717, 1.165) is 41.8 Å². The summed E-state index contributed by atoms with van der Waals surface area (Å²) in [5.74, 6) is 0.182. The average molecular weight is 493 g/mol. The number of nitrogens with zero attached hydrogens (tertiary/aromatic N) is 4. The molecule has 1 spiro atoms. The molecule has 5 heterocycles. The lowest BCUT2D eigenvalue weighted by atomic mass is 9.82. The molecule has 35 heavy (non-hydrogen) atoms. The molecular weight excluding hydrogens is 470 g/mol. The van der Waals surface area contributed by atoms with Crippen molar-refractivity contribution in [3.8, 4) is 6.07 Å². The number of thiophene rings is 1. The van der Waals surface area contributed by atoms with Crippen molar-refractivity contribution in [1.29, 1.82) is 5.26 Å². The molecule has 5 aliphatic rings. The van der Waals surface area contributed by atoms with E-state index in [0.29, 0.717) is 29.5 Å². The first-order valence-corrected chi connectivity index (χ1v) is 12.5. The van der Waals surface area contributed by atoms with E-state index in [9.17, 15) is 9.65 Å². The van der Waals surface area contributed by atoms with Crippen molar-refractivity contribution in [3.05, 3.63) is 52.0 Å². The van der Waals surface area contributed by atoms with Gasteiger partial charge in [-0.3, -0.25) is 4.98 Å². The Bertz CT molecular complexity index is 1490. The van der Waals surface area contributed by atoms with Gasteiger partial charge in [0.2, 0.25) is 0 Å². The van der Waals surface area contributed by atoms with Crippen molar-refractivity contribution in [2.45, 2.75) is 25.8 Å². The molecule has 178 valence electrons. The number of pyridine rings is 1. The van der Waals surface area contributed by atoms with E-state index in [1.54, 1.807) is 0 Å². The quantitative estimate of drug-likeness (QED) is 0.627. The fourth-order valence-electron chi connectivity index (χ4n) is 6.00. The van der Waals surface area contributed by atoms with Gasteiger partial charge in [-0.2, -0.15) is 5.26 Å². The van der Waals surface area contributed by atoms with Crippen LogP contribution in [-0.4, -0.2) is 48.2 Å². The van der Waals surface area contributed by atoms with Crippen molar-refractivity contribution in [3.63, 3.8) is 0 Å². The van der Waals surface area contributed by atoms with Crippen LogP contribution in [-0.2, 0) is 4.74 Å². The van der Waals surface area contributed by atoms with Gasteiger partial charge in [0, 0.05) is 35.8 Å². The number of likely N-dealkylation sites (tertiary alicyclic amines) is 1. The third-order valence-corrected chi connectivity index (χ3v) is 9.20. The average Bonchev–Trinajstić information content (AvgIpc) is 3.17. The molecule has 0 radical (unpaired) electrons. The lowest BCUT2D eigenvalue weighted by Gasteiger charge is -2.32. The molecule has 0 amide bonds. The molecular formula is C25H22F2N6OS. The van der Waals surface area contributed by atoms with Gasteiger partial charge in [0.05, 0.1) is 35.4 Å². The maximum Gasteiger partial charge on any atom is 0.199 e. The zero-order valence-electron chi connectivity index (χ0n) is 19.0. The summed E-state index contributed by atoms with van der Waals surface area (Å²) < 4.78 is 37.0. The molecule has 3 aliphatic heterocycles. The number of ether oxygens (including phenoxy) is 1. The molecule has 7 nitrogen and oxygen atoms in total. The molecule has 2 atom stereocenters. The minimum absolute atomic E-state index is 0.116. The monoisotopic (exact) mass is 492 g/mol. The van der Waals surface area contributed by atoms with E-state index in [2.05, 4.69) is 22.1 Å². The van der Waals surface area contributed by atoms with E-state index < -0.39 is 17.7 Å². The summed E-state index contributed by atoms with van der Waals surface area (Å²) in [7, 11) is 0. The minimum Gasteiger partial charge on any atom is -0.389 e. The highest BCUT2D eigenvalue weighted by Gasteiger charge is 2.54. The van der Waals surface area contributed by atoms with E-state index >= 15 is 4.39 Å². The Morgan fingerprint density at radius 3 is 2.86 bits per heavy atom. The van der Waals surface area contributed by atoms with Crippen LogP contribution in [0.15, 0.2) is 39.9 Å². The number of hydrogen-bond acceptors (Lipinski definition) is 8. The Morgan fingerprint density at radius 2 is 2.11 bits per heavy atom. The maximum absolute atomic E-state index is 16.4. The molecule has 2 unspecified atom stereocenters. The zero-order valence-corrected chi connectivity index (χ0v) is 19.8. The topological polar surface area (TPSA) is 99.6 Å². The Morgan fingerprint density at radius 1 is 1.31 bits per heavy atom. The van der Waals surface area contributed by atoms with E-state index in [-0.39, 0.29) is 38.5 Å². The molecule has 2 aromatic rings. The van der Waals surface area contributed by atoms with Gasteiger partial charge in [-0.15, -0.1) is 11.3 Å². The van der Waals surface area contributed by atoms with E-state index in [1.807, 2.05) is 12.3 Å². The van der Waals surface area contributed by atoms with Crippen LogP contribution in [0.3, 0.4) is 0 Å². The van der Waals surface area contributed by atoms with Crippen LogP contribution >= 0.6 is 11.3 Å². The largest absolute Gasteiger partial charge is 0.389 e. The molecule has 2 aromatic heterocycles. The van der Waals surface area contributed by atoms with Crippen LogP contribution in [0, 0.1) is 28.5 Å². The summed E-state index contributed by atoms with van der Waals surface area (Å²) in [5, 5.41) is 13.5. The fraction of sp³-hybridized carbons (Fsp3) is 0.400. The first kappa shape index (κ1) is 21.0. The number of rotatable bonds is 1. The summed E-state index contributed by atoms with van der Waals surface area (Å²) in [6, 6.07) is 1.20. The third-order valence-electron chi connectivity index (χ3n) is 8.17. The molecule has 10 heteroatoms. The molecule has 3 N–H and O–H groups in total. The highest BCUT2D eigenvalue weighted by atomic mass is 32.1. The molecule has 0 aromatic carbocycles. The van der Waals surface area contributed by atoms with Crippen molar-refractivity contribution in [1.82, 2.24) is 15.2 Å². The Hall–Kier alpha value is -3.29. The molecule has 2 fully saturated rings. The second-order valence-corrected chi connectivity index (χ2v) is 11.1. The van der Waals surface area contributed by atoms with Gasteiger partial charge in [0.15, 0.2) is 11.8 Å². The van der Waals surface area contributed by atoms with Crippen molar-refractivity contribution >= 4 is 38.0 Å². The van der Waals surface area contributed by atoms with Crippen LogP contribution in [0.1, 0.15) is 31.0 Å². The second-order valence-electron chi connectivity index (χ2n) is 10.0. The first-order chi connectivity index (χ1) is 16.9. The number of anilines is 1. The second kappa shape index (κ2) is 7.12. The molecule has 1 saturated carbocycles. The normalized spacial score (nSPS) is 26.5. The lowest BCUT2D eigenvalue weighted by Crippen LogP contribution is -2.42. The lowest BCUT2D eigenvalue weighted by molar-refractivity contribution is 0.207. The van der Waals surface area contributed by atoms with Gasteiger partial charge in [0.25, 0.3) is 0 Å². The Labute approximate surface area is 204 Å². The predicted molar refractivity (Wildman–Crippen MR) is 129 cm³/mol. The number of fused-ring (bicyclic) bond motifs is 3. The van der Waals surface area contributed by atoms with Crippen LogP contribution in [0.2, 0.25) is 0 Å². The summed E-state index contributed by atoms with van der Waals surface area (Å²) in [4.78, 5) is 11.3. The van der Waals surface area contributed by atoms with Crippen LogP contribution in [0.4, 0.5) is 13.8 Å². The SMILES string of the molecule is CC1CN(C2=NC3C(=CN2)C2=C(COC2)C(c2ncc(F)c4sc(N)c(C#N)c24)=C3F)CC12CC2. The van der Waals surface area contributed by atoms with Crippen LogP contribution < -0.4 is 11.1 Å². The van der Waals surface area contributed by atoms with Crippen LogP contribution in [0.5, 0.6) is 0 Å². The summed E-state index contributed by atoms with van der Waals surface area (Å²) in [6.07, 6.45) is 5.36. The number of halogens is 2. The number of guanidine groups is 1. The fourth-order valence-corrected chi connectivity index (χ4v) is 6.92. The van der Waals surface area contributed by atoms with Gasteiger partial charge < -0.3 is 20.7 Å². The number of nitrogens with one attached hydrogen (secondary N) is 1. The maximum atomic E-state index is 16.4. The van der Waals surface area contributed by atoms with Crippen molar-refractivity contribution in [2.75, 3.05) is 32.0 Å². The van der Waals surface area contributed by atoms with E-state index in [4.69, 9.17) is 15.5 Å². The smallest absolute Gasteiger partial charge is 0.199 e. The summed E-state index contributed by atoms with van der Waals surface area (Å²) in [5.41, 5.74) is 9.19. The summed E-state index contributed by atoms with van der Waals surface area (Å²) in [6.45, 7) is 4.61. The van der Waals surface area contributed by atoms with E-state index in [1.165, 1.54) is 12.8 Å². The number of nitrogens with two attached hydrogens (primary N) is 1. The highest BCUT2D eigenvalue weighted by Crippen LogP contribution is 2.56. The number of hydrogen-bond donors (Lipinski definition) is 2. The van der Waals surface area contributed by atoms with Gasteiger partial charge in [-0.25, -0.2) is 13.8 Å². The third kappa shape index (κ3) is 2.82. The van der Waals surface area contributed by atoms with Gasteiger partial charge in [-0.1, -0.05) is 6.92 Å². The minimum atomic E-state index is -0.851. The molecule has 0 bridgehead atoms. The molecule has 1 saturated heterocycles. The van der Waals surface area contributed by atoms with Gasteiger partial charge >= 0.3 is 0 Å². The first-order valence-electron chi connectivity index (χ1n) is 11.7. The summed E-state index contributed by atoms with van der Waals surface area (Å²) >= 11 is 0.973. The predicted octanol–water partition coefficient (Wildman–Crippen LogP) is 3.85. The molecule has 7 rings (SSSR count). The number of aromatic nitrogens is 1. The molecule has 2 aliphatic carbocycles. The Balaban J connectivity index is 1.39. The zero-order chi connectivity index (χ0) is 24.1. The standard InChI is InChI=1S/C25H22F2N6OS/c1-11-7-33(10-25(11)2-3-25)24-31-5-13-14-8-34-9-15(14)17(19(27)20(13)32-24)21-18-12(4-28)23(29)35-22(18)16(26)6-30-21/h5-6,11,20H,2-3,7-10,29H2,1H3,(H,31,32). The van der Waals surface area contributed by atoms with Gasteiger partial charge in [-0.05, 0) is 35.3 Å². The Kier molecular flexibility index (Phi) is 4.28.